The van der Waals surface area contributed by atoms with Gasteiger partial charge < -0.3 is 5.73 Å². The molecule has 4 nitrogen and oxygen atoms in total. The zero-order valence-corrected chi connectivity index (χ0v) is 7.91. The quantitative estimate of drug-likeness (QED) is 0.410. The Hall–Kier alpha value is -0.810. The topological polar surface area (TPSA) is 75.7 Å². The summed E-state index contributed by atoms with van der Waals surface area (Å²) in [5.41, 5.74) is 5.92. The number of nitrogens with zero attached hydrogens (tertiary/aromatic N) is 2. The summed E-state index contributed by atoms with van der Waals surface area (Å²) in [5, 5.41) is 7.98. The molecule has 0 saturated carbocycles. The van der Waals surface area contributed by atoms with Gasteiger partial charge in [-0.05, 0) is 6.26 Å². The van der Waals surface area contributed by atoms with E-state index in [1.54, 1.807) is 6.26 Å². The molecule has 3 N–H and O–H groups in total. The molecule has 0 aliphatic rings. The third-order valence-corrected chi connectivity index (χ3v) is 2.16. The van der Waals surface area contributed by atoms with Gasteiger partial charge in [0.2, 0.25) is 0 Å². The van der Waals surface area contributed by atoms with Gasteiger partial charge in [-0.1, -0.05) is 11.6 Å². The molecule has 1 aromatic heterocycles. The molecule has 0 fully saturated rings. The summed E-state index contributed by atoms with van der Waals surface area (Å²) in [5.74, 6) is 0.245. The van der Waals surface area contributed by atoms with Crippen LogP contribution in [0.25, 0.3) is 0 Å². The van der Waals surface area contributed by atoms with Crippen LogP contribution in [0.5, 0.6) is 0 Å². The first-order valence-corrected chi connectivity index (χ1v) is 4.66. The maximum Gasteiger partial charge on any atom is 0.144 e. The SMILES string of the molecule is CSC(=N)c1c(N)ncnc1Cl. The molecule has 0 unspecified atom stereocenters. The molecule has 1 heterocycles. The first-order chi connectivity index (χ1) is 5.66. The van der Waals surface area contributed by atoms with Crippen LogP contribution in [0.2, 0.25) is 5.15 Å². The van der Waals surface area contributed by atoms with Crippen LogP contribution in [0, 0.1) is 5.41 Å². The molecule has 0 atom stereocenters. The first-order valence-electron chi connectivity index (χ1n) is 3.05. The number of rotatable bonds is 1. The van der Waals surface area contributed by atoms with Crippen molar-refractivity contribution in [2.45, 2.75) is 0 Å². The summed E-state index contributed by atoms with van der Waals surface area (Å²) >= 11 is 6.96. The normalized spacial score (nSPS) is 9.83. The minimum Gasteiger partial charge on any atom is -0.383 e. The van der Waals surface area contributed by atoms with E-state index in [4.69, 9.17) is 22.7 Å². The Morgan fingerprint density at radius 3 is 2.83 bits per heavy atom. The second kappa shape index (κ2) is 3.73. The fraction of sp³-hybridized carbons (Fsp3) is 0.167. The van der Waals surface area contributed by atoms with E-state index in [1.807, 2.05) is 0 Å². The lowest BCUT2D eigenvalue weighted by molar-refractivity contribution is 1.17. The van der Waals surface area contributed by atoms with Gasteiger partial charge in [0.1, 0.15) is 22.3 Å². The lowest BCUT2D eigenvalue weighted by Gasteiger charge is -2.04. The van der Waals surface area contributed by atoms with Gasteiger partial charge >= 0.3 is 0 Å². The predicted molar refractivity (Wildman–Crippen MR) is 51.8 cm³/mol. The second-order valence-corrected chi connectivity index (χ2v) is 3.13. The van der Waals surface area contributed by atoms with Crippen molar-refractivity contribution in [2.24, 2.45) is 0 Å². The van der Waals surface area contributed by atoms with Crippen molar-refractivity contribution in [1.82, 2.24) is 9.97 Å². The van der Waals surface area contributed by atoms with E-state index in [-0.39, 0.29) is 16.0 Å². The molecule has 1 aromatic rings. The van der Waals surface area contributed by atoms with Gasteiger partial charge in [0.05, 0.1) is 5.56 Å². The van der Waals surface area contributed by atoms with E-state index in [9.17, 15) is 0 Å². The van der Waals surface area contributed by atoms with Crippen molar-refractivity contribution in [3.05, 3.63) is 17.0 Å². The maximum absolute atomic E-state index is 7.48. The standard InChI is InChI=1S/C6H7ClN4S/c1-12-6(9)3-4(7)10-2-11-5(3)8/h2,9H,1H3,(H2,8,10,11). The predicted octanol–water partition coefficient (Wildman–Crippen LogP) is 1.40. The highest BCUT2D eigenvalue weighted by atomic mass is 35.5. The fourth-order valence-corrected chi connectivity index (χ4v) is 1.38. The van der Waals surface area contributed by atoms with Crippen LogP contribution in [-0.4, -0.2) is 21.3 Å². The Balaban J connectivity index is 3.21. The largest absolute Gasteiger partial charge is 0.383 e. The third kappa shape index (κ3) is 1.67. The molecular formula is C6H7ClN4S. The highest BCUT2D eigenvalue weighted by Crippen LogP contribution is 2.21. The highest BCUT2D eigenvalue weighted by Gasteiger charge is 2.11. The summed E-state index contributed by atoms with van der Waals surface area (Å²) in [6.07, 6.45) is 3.04. The molecule has 0 radical (unpaired) electrons. The van der Waals surface area contributed by atoms with Gasteiger partial charge in [-0.15, -0.1) is 11.8 Å². The smallest absolute Gasteiger partial charge is 0.144 e. The van der Waals surface area contributed by atoms with E-state index in [0.29, 0.717) is 5.56 Å². The van der Waals surface area contributed by atoms with Crippen molar-refractivity contribution < 1.29 is 0 Å². The number of aromatic nitrogens is 2. The van der Waals surface area contributed by atoms with E-state index in [1.165, 1.54) is 18.1 Å². The molecule has 0 aromatic carbocycles. The second-order valence-electron chi connectivity index (χ2n) is 1.96. The Kier molecular flexibility index (Phi) is 2.88. The average Bonchev–Trinajstić information content (AvgIpc) is 2.03. The molecular weight excluding hydrogens is 196 g/mol. The van der Waals surface area contributed by atoms with Gasteiger partial charge in [0, 0.05) is 0 Å². The molecule has 0 amide bonds. The Bertz CT molecular complexity index is 294. The summed E-state index contributed by atoms with van der Waals surface area (Å²) < 4.78 is 0. The van der Waals surface area contributed by atoms with Crippen molar-refractivity contribution in [3.8, 4) is 0 Å². The zero-order chi connectivity index (χ0) is 9.14. The van der Waals surface area contributed by atoms with Crippen LogP contribution in [-0.2, 0) is 0 Å². The summed E-state index contributed by atoms with van der Waals surface area (Å²) in [4.78, 5) is 7.47. The van der Waals surface area contributed by atoms with E-state index in [2.05, 4.69) is 9.97 Å². The number of nitrogens with two attached hydrogens (primary N) is 1. The molecule has 1 rings (SSSR count). The molecule has 0 aliphatic carbocycles. The Labute approximate surface area is 79.1 Å². The monoisotopic (exact) mass is 202 g/mol. The maximum atomic E-state index is 7.48. The van der Waals surface area contributed by atoms with Crippen molar-refractivity contribution in [2.75, 3.05) is 12.0 Å². The first kappa shape index (κ1) is 9.28. The van der Waals surface area contributed by atoms with E-state index in [0.717, 1.165) is 0 Å². The molecule has 0 aliphatic heterocycles. The minimum absolute atomic E-state index is 0.224. The number of nitrogen functional groups attached to an aromatic ring is 1. The van der Waals surface area contributed by atoms with Gasteiger partial charge in [0.15, 0.2) is 0 Å². The summed E-state index contributed by atoms with van der Waals surface area (Å²) in [6.45, 7) is 0. The number of anilines is 1. The summed E-state index contributed by atoms with van der Waals surface area (Å²) in [7, 11) is 0. The third-order valence-electron chi connectivity index (χ3n) is 1.26. The minimum atomic E-state index is 0.224. The number of nitrogens with one attached hydrogen (secondary N) is 1. The van der Waals surface area contributed by atoms with Crippen LogP contribution in [0.3, 0.4) is 0 Å². The zero-order valence-electron chi connectivity index (χ0n) is 6.34. The van der Waals surface area contributed by atoms with E-state index >= 15 is 0 Å². The number of halogens is 1. The van der Waals surface area contributed by atoms with Crippen LogP contribution in [0.1, 0.15) is 5.56 Å². The van der Waals surface area contributed by atoms with Gasteiger partial charge in [-0.2, -0.15) is 0 Å². The molecule has 64 valence electrons. The van der Waals surface area contributed by atoms with Crippen molar-refractivity contribution >= 4 is 34.2 Å². The molecule has 0 bridgehead atoms. The summed E-state index contributed by atoms with van der Waals surface area (Å²) in [6, 6.07) is 0. The van der Waals surface area contributed by atoms with Crippen LogP contribution in [0.4, 0.5) is 5.82 Å². The molecule has 12 heavy (non-hydrogen) atoms. The lowest BCUT2D eigenvalue weighted by Crippen LogP contribution is -2.04. The van der Waals surface area contributed by atoms with Crippen LogP contribution in [0.15, 0.2) is 6.33 Å². The average molecular weight is 203 g/mol. The van der Waals surface area contributed by atoms with Crippen molar-refractivity contribution in [1.29, 1.82) is 5.41 Å². The molecule has 0 spiro atoms. The lowest BCUT2D eigenvalue weighted by atomic mass is 10.3. The van der Waals surface area contributed by atoms with Gasteiger partial charge in [0.25, 0.3) is 0 Å². The Morgan fingerprint density at radius 2 is 2.33 bits per heavy atom. The molecule has 6 heteroatoms. The number of hydrogen-bond donors (Lipinski definition) is 2. The molecule has 0 saturated heterocycles. The van der Waals surface area contributed by atoms with Gasteiger partial charge in [-0.25, -0.2) is 9.97 Å². The van der Waals surface area contributed by atoms with Gasteiger partial charge in [-0.3, -0.25) is 5.41 Å². The van der Waals surface area contributed by atoms with Crippen LogP contribution >= 0.6 is 23.4 Å². The fourth-order valence-electron chi connectivity index (χ4n) is 0.689. The Morgan fingerprint density at radius 1 is 1.67 bits per heavy atom. The van der Waals surface area contributed by atoms with E-state index < -0.39 is 0 Å². The highest BCUT2D eigenvalue weighted by molar-refractivity contribution is 8.13. The van der Waals surface area contributed by atoms with Crippen molar-refractivity contribution in [3.63, 3.8) is 0 Å². The number of thioether (sulfide) groups is 1. The van der Waals surface area contributed by atoms with Crippen LogP contribution < -0.4 is 5.73 Å². The number of hydrogen-bond acceptors (Lipinski definition) is 5.